The molecule has 0 rings (SSSR count). The molecule has 0 spiro atoms. The molecule has 1 amide bonds. The maximum absolute atomic E-state index is 13.3. The molecule has 396 valence electrons. The Hall–Kier alpha value is -2.44. The second-order valence-corrected chi connectivity index (χ2v) is 20.1. The van der Waals surface area contributed by atoms with Gasteiger partial charge >= 0.3 is 5.97 Å². The van der Waals surface area contributed by atoms with E-state index in [1.54, 1.807) is 0 Å². The lowest BCUT2D eigenvalue weighted by atomic mass is 10.0. The largest absolute Gasteiger partial charge is 0.462 e. The van der Waals surface area contributed by atoms with Gasteiger partial charge in [-0.15, -0.1) is 0 Å². The standard InChI is InChI=1S/C62H113NO5/c1-4-7-10-13-16-19-22-25-27-29-30-32-34-37-40-43-46-49-52-55-62(67)68-58(53-50-47-44-41-38-35-24-21-18-15-12-9-6-3)56-61(66)63-59(57-64)60(65)54-51-48-45-42-39-36-33-31-28-26-23-20-17-14-11-8-5-2/h9,12,15-16,18-19,21,24-25,27,58-60,64-65H,4-8,10-11,13-14,17,20,22-23,26,28-57H2,1-3H3,(H,63,66)/b12-9+,18-15+,19-16-,24-21+,27-25-. The van der Waals surface area contributed by atoms with Crippen molar-refractivity contribution in [2.75, 3.05) is 6.61 Å². The van der Waals surface area contributed by atoms with Crippen LogP contribution in [0.25, 0.3) is 0 Å². The Bertz CT molecular complexity index is 1210. The number of aliphatic hydroxyl groups is 2. The number of hydrogen-bond donors (Lipinski definition) is 3. The van der Waals surface area contributed by atoms with E-state index in [2.05, 4.69) is 86.8 Å². The molecule has 6 nitrogen and oxygen atoms in total. The van der Waals surface area contributed by atoms with E-state index in [0.29, 0.717) is 19.3 Å². The highest BCUT2D eigenvalue weighted by atomic mass is 16.5. The van der Waals surface area contributed by atoms with Gasteiger partial charge < -0.3 is 20.3 Å². The van der Waals surface area contributed by atoms with Gasteiger partial charge in [-0.1, -0.05) is 268 Å². The molecule has 0 heterocycles. The third-order valence-electron chi connectivity index (χ3n) is 13.4. The lowest BCUT2D eigenvalue weighted by molar-refractivity contribution is -0.151. The first kappa shape index (κ1) is 65.6. The Balaban J connectivity index is 4.50. The summed E-state index contributed by atoms with van der Waals surface area (Å²) in [5, 5.41) is 23.9. The van der Waals surface area contributed by atoms with Gasteiger partial charge in [-0.2, -0.15) is 0 Å². The minimum Gasteiger partial charge on any atom is -0.462 e. The number of amides is 1. The zero-order valence-electron chi connectivity index (χ0n) is 45.2. The molecule has 0 aromatic heterocycles. The summed E-state index contributed by atoms with van der Waals surface area (Å²) in [5.74, 6) is -0.491. The van der Waals surface area contributed by atoms with Crippen LogP contribution in [0.4, 0.5) is 0 Å². The van der Waals surface area contributed by atoms with Crippen molar-refractivity contribution in [3.8, 4) is 0 Å². The number of allylic oxidation sites excluding steroid dienone is 10. The lowest BCUT2D eigenvalue weighted by Crippen LogP contribution is -2.46. The number of unbranched alkanes of at least 4 members (excludes halogenated alkanes) is 33. The summed E-state index contributed by atoms with van der Waals surface area (Å²) in [5.41, 5.74) is 0. The van der Waals surface area contributed by atoms with E-state index in [1.807, 2.05) is 0 Å². The van der Waals surface area contributed by atoms with E-state index >= 15 is 0 Å². The van der Waals surface area contributed by atoms with Gasteiger partial charge in [-0.25, -0.2) is 0 Å². The van der Waals surface area contributed by atoms with Crippen molar-refractivity contribution in [3.05, 3.63) is 60.8 Å². The minimum absolute atomic E-state index is 0.0622. The average molecular weight is 953 g/mol. The van der Waals surface area contributed by atoms with Crippen LogP contribution in [0.3, 0.4) is 0 Å². The van der Waals surface area contributed by atoms with Crippen LogP contribution in [0.1, 0.15) is 297 Å². The number of ether oxygens (including phenoxy) is 1. The second-order valence-electron chi connectivity index (χ2n) is 20.1. The molecule has 0 aliphatic rings. The monoisotopic (exact) mass is 952 g/mol. The summed E-state index contributed by atoms with van der Waals surface area (Å²) in [4.78, 5) is 26.3. The molecule has 0 bridgehead atoms. The molecule has 68 heavy (non-hydrogen) atoms. The molecule has 0 aliphatic carbocycles. The number of hydrogen-bond acceptors (Lipinski definition) is 5. The van der Waals surface area contributed by atoms with Crippen molar-refractivity contribution < 1.29 is 24.5 Å². The van der Waals surface area contributed by atoms with Gasteiger partial charge in [0.1, 0.15) is 6.10 Å². The SMILES string of the molecule is CC/C=C/C=C/C=C/CCCCCCCC(CC(=O)NC(CO)C(O)CCCCCCCCCCCCCCCCCCC)OC(=O)CCCCCCCCCCC/C=C\C/C=C\CCCCC. The highest BCUT2D eigenvalue weighted by Crippen LogP contribution is 2.18. The molecule has 0 aliphatic heterocycles. The van der Waals surface area contributed by atoms with Gasteiger partial charge in [-0.05, 0) is 77.0 Å². The van der Waals surface area contributed by atoms with E-state index < -0.39 is 18.2 Å². The second kappa shape index (κ2) is 55.5. The molecular formula is C62H113NO5. The zero-order chi connectivity index (χ0) is 49.5. The quantitative estimate of drug-likeness (QED) is 0.0244. The normalized spacial score (nSPS) is 13.5. The first-order chi connectivity index (χ1) is 33.5. The van der Waals surface area contributed by atoms with Crippen LogP contribution in [0.5, 0.6) is 0 Å². The number of esters is 1. The Morgan fingerprint density at radius 1 is 0.456 bits per heavy atom. The van der Waals surface area contributed by atoms with Crippen LogP contribution in [0, 0.1) is 0 Å². The fraction of sp³-hybridized carbons (Fsp3) is 0.806. The molecule has 0 fully saturated rings. The van der Waals surface area contributed by atoms with Gasteiger partial charge in [0.05, 0.1) is 25.2 Å². The van der Waals surface area contributed by atoms with E-state index in [-0.39, 0.29) is 24.9 Å². The van der Waals surface area contributed by atoms with Gasteiger partial charge in [0.25, 0.3) is 0 Å². The third-order valence-corrected chi connectivity index (χ3v) is 13.4. The molecule has 0 radical (unpaired) electrons. The fourth-order valence-electron chi connectivity index (χ4n) is 8.93. The van der Waals surface area contributed by atoms with E-state index in [9.17, 15) is 19.8 Å². The summed E-state index contributed by atoms with van der Waals surface area (Å²) < 4.78 is 5.95. The molecule has 0 saturated carbocycles. The number of aliphatic hydroxyl groups excluding tert-OH is 2. The number of carbonyl (C=O) groups is 2. The summed E-state index contributed by atoms with van der Waals surface area (Å²) in [6, 6.07) is -0.711. The van der Waals surface area contributed by atoms with Crippen LogP contribution >= 0.6 is 0 Å². The van der Waals surface area contributed by atoms with Crippen LogP contribution in [0.2, 0.25) is 0 Å². The van der Waals surface area contributed by atoms with Gasteiger partial charge in [0.15, 0.2) is 0 Å². The highest BCUT2D eigenvalue weighted by molar-refractivity contribution is 5.77. The highest BCUT2D eigenvalue weighted by Gasteiger charge is 2.24. The fourth-order valence-corrected chi connectivity index (χ4v) is 8.93. The first-order valence-electron chi connectivity index (χ1n) is 29.5. The van der Waals surface area contributed by atoms with Crippen LogP contribution in [-0.2, 0) is 14.3 Å². The van der Waals surface area contributed by atoms with Crippen molar-refractivity contribution in [2.24, 2.45) is 0 Å². The Morgan fingerprint density at radius 3 is 1.34 bits per heavy atom. The lowest BCUT2D eigenvalue weighted by Gasteiger charge is -2.24. The topological polar surface area (TPSA) is 95.9 Å². The van der Waals surface area contributed by atoms with Crippen LogP contribution in [0.15, 0.2) is 60.8 Å². The third kappa shape index (κ3) is 50.0. The first-order valence-corrected chi connectivity index (χ1v) is 29.5. The predicted molar refractivity (Wildman–Crippen MR) is 296 cm³/mol. The van der Waals surface area contributed by atoms with Gasteiger partial charge in [0, 0.05) is 6.42 Å². The molecule has 0 aromatic rings. The number of rotatable bonds is 53. The van der Waals surface area contributed by atoms with Crippen molar-refractivity contribution >= 4 is 11.9 Å². The smallest absolute Gasteiger partial charge is 0.306 e. The maximum atomic E-state index is 13.3. The summed E-state index contributed by atoms with van der Waals surface area (Å²) in [6.45, 7) is 6.35. The van der Waals surface area contributed by atoms with E-state index in [4.69, 9.17) is 4.74 Å². The molecule has 3 unspecified atom stereocenters. The Morgan fingerprint density at radius 2 is 0.853 bits per heavy atom. The van der Waals surface area contributed by atoms with Gasteiger partial charge in [0.2, 0.25) is 5.91 Å². The van der Waals surface area contributed by atoms with E-state index in [0.717, 1.165) is 89.9 Å². The average Bonchev–Trinajstić information content (AvgIpc) is 3.33. The summed E-state index contributed by atoms with van der Waals surface area (Å²) in [6.07, 6.45) is 70.0. The summed E-state index contributed by atoms with van der Waals surface area (Å²) >= 11 is 0. The Labute approximate surface area is 422 Å². The minimum atomic E-state index is -0.796. The number of carbonyl (C=O) groups excluding carboxylic acids is 2. The van der Waals surface area contributed by atoms with Gasteiger partial charge in [-0.3, -0.25) is 9.59 Å². The van der Waals surface area contributed by atoms with Crippen molar-refractivity contribution in [1.82, 2.24) is 5.32 Å². The van der Waals surface area contributed by atoms with Crippen LogP contribution < -0.4 is 5.32 Å². The number of nitrogens with one attached hydrogen (secondary N) is 1. The summed E-state index contributed by atoms with van der Waals surface area (Å²) in [7, 11) is 0. The molecule has 0 aromatic carbocycles. The maximum Gasteiger partial charge on any atom is 0.306 e. The zero-order valence-corrected chi connectivity index (χ0v) is 45.2. The van der Waals surface area contributed by atoms with Crippen molar-refractivity contribution in [2.45, 2.75) is 315 Å². The molecular weight excluding hydrogens is 839 g/mol. The predicted octanol–water partition coefficient (Wildman–Crippen LogP) is 18.4. The molecule has 3 atom stereocenters. The van der Waals surface area contributed by atoms with Crippen molar-refractivity contribution in [3.63, 3.8) is 0 Å². The van der Waals surface area contributed by atoms with Crippen LogP contribution in [-0.4, -0.2) is 46.9 Å². The molecule has 3 N–H and O–H groups in total. The van der Waals surface area contributed by atoms with E-state index in [1.165, 1.54) is 161 Å². The Kier molecular flexibility index (Phi) is 53.5. The molecule has 0 saturated heterocycles. The van der Waals surface area contributed by atoms with Crippen molar-refractivity contribution in [1.29, 1.82) is 0 Å². The molecule has 6 heteroatoms.